The van der Waals surface area contributed by atoms with Gasteiger partial charge in [0.2, 0.25) is 0 Å². The molecule has 1 heterocycles. The van der Waals surface area contributed by atoms with Crippen molar-refractivity contribution < 1.29 is 19.0 Å². The minimum Gasteiger partial charge on any atom is -0.493 e. The number of nitrogens with zero attached hydrogens (tertiary/aromatic N) is 2. The van der Waals surface area contributed by atoms with E-state index in [1.54, 1.807) is 38.5 Å². The van der Waals surface area contributed by atoms with Gasteiger partial charge >= 0.3 is 5.97 Å². The number of carbonyl (C=O) groups excluding carboxylic acids is 1. The van der Waals surface area contributed by atoms with E-state index in [0.29, 0.717) is 35.2 Å². The Morgan fingerprint density at radius 1 is 0.931 bits per heavy atom. The van der Waals surface area contributed by atoms with Crippen molar-refractivity contribution in [3.05, 3.63) is 66.0 Å². The molecule has 150 valence electrons. The van der Waals surface area contributed by atoms with Crippen molar-refractivity contribution in [2.24, 2.45) is 0 Å². The first-order valence-corrected chi connectivity index (χ1v) is 8.85. The molecule has 0 saturated heterocycles. The highest BCUT2D eigenvalue weighted by atomic mass is 16.5. The van der Waals surface area contributed by atoms with Crippen LogP contribution in [0.1, 0.15) is 15.9 Å². The number of anilines is 3. The normalized spacial score (nSPS) is 10.2. The standard InChI is InChI=1S/C21H22N4O4/c1-27-17-8-7-14(9-18(17)28-2)12-22-19-11-20(24-13-23-19)25-16-6-4-5-15(10-16)21(26)29-3/h4-11,13H,12H2,1-3H3,(H2,22,23,24,25). The molecule has 2 aromatic carbocycles. The largest absolute Gasteiger partial charge is 0.493 e. The molecule has 3 aromatic rings. The molecule has 1 aromatic heterocycles. The third-order valence-corrected chi connectivity index (χ3v) is 4.14. The Labute approximate surface area is 168 Å². The highest BCUT2D eigenvalue weighted by Gasteiger charge is 2.07. The Kier molecular flexibility index (Phi) is 6.47. The molecule has 0 saturated carbocycles. The second kappa shape index (κ2) is 9.41. The van der Waals surface area contributed by atoms with Gasteiger partial charge in [-0.2, -0.15) is 0 Å². The van der Waals surface area contributed by atoms with Crippen molar-refractivity contribution in [1.82, 2.24) is 9.97 Å². The summed E-state index contributed by atoms with van der Waals surface area (Å²) in [4.78, 5) is 20.1. The van der Waals surface area contributed by atoms with E-state index in [2.05, 4.69) is 20.6 Å². The second-order valence-electron chi connectivity index (χ2n) is 6.03. The lowest BCUT2D eigenvalue weighted by molar-refractivity contribution is 0.0601. The van der Waals surface area contributed by atoms with Gasteiger partial charge in [0.25, 0.3) is 0 Å². The first-order valence-electron chi connectivity index (χ1n) is 8.85. The van der Waals surface area contributed by atoms with E-state index in [-0.39, 0.29) is 0 Å². The van der Waals surface area contributed by atoms with Gasteiger partial charge in [-0.05, 0) is 35.9 Å². The fraction of sp³-hybridized carbons (Fsp3) is 0.190. The Hall–Kier alpha value is -3.81. The minimum atomic E-state index is -0.395. The molecule has 0 atom stereocenters. The molecule has 0 aliphatic heterocycles. The predicted molar refractivity (Wildman–Crippen MR) is 110 cm³/mol. The summed E-state index contributed by atoms with van der Waals surface area (Å²) in [5, 5.41) is 6.41. The smallest absolute Gasteiger partial charge is 0.337 e. The van der Waals surface area contributed by atoms with Gasteiger partial charge in [0.1, 0.15) is 18.0 Å². The monoisotopic (exact) mass is 394 g/mol. The summed E-state index contributed by atoms with van der Waals surface area (Å²) in [5.41, 5.74) is 2.19. The maximum absolute atomic E-state index is 11.7. The zero-order valence-electron chi connectivity index (χ0n) is 16.4. The lowest BCUT2D eigenvalue weighted by Crippen LogP contribution is -2.04. The number of benzene rings is 2. The van der Waals surface area contributed by atoms with Gasteiger partial charge in [0.15, 0.2) is 11.5 Å². The third-order valence-electron chi connectivity index (χ3n) is 4.14. The molecule has 0 spiro atoms. The zero-order valence-corrected chi connectivity index (χ0v) is 16.4. The lowest BCUT2D eigenvalue weighted by Gasteiger charge is -2.11. The van der Waals surface area contributed by atoms with Crippen LogP contribution in [0.15, 0.2) is 54.9 Å². The topological polar surface area (TPSA) is 94.6 Å². The van der Waals surface area contributed by atoms with Crippen molar-refractivity contribution >= 4 is 23.3 Å². The van der Waals surface area contributed by atoms with E-state index < -0.39 is 5.97 Å². The van der Waals surface area contributed by atoms with Crippen molar-refractivity contribution in [3.8, 4) is 11.5 Å². The van der Waals surface area contributed by atoms with E-state index in [4.69, 9.17) is 14.2 Å². The van der Waals surface area contributed by atoms with Gasteiger partial charge in [-0.25, -0.2) is 14.8 Å². The SMILES string of the molecule is COC(=O)c1cccc(Nc2cc(NCc3ccc(OC)c(OC)c3)ncn2)c1. The number of hydrogen-bond acceptors (Lipinski definition) is 8. The van der Waals surface area contributed by atoms with E-state index in [9.17, 15) is 4.79 Å². The molecule has 2 N–H and O–H groups in total. The van der Waals surface area contributed by atoms with Crippen LogP contribution < -0.4 is 20.1 Å². The van der Waals surface area contributed by atoms with Crippen LogP contribution in [0.4, 0.5) is 17.3 Å². The molecule has 0 unspecified atom stereocenters. The highest BCUT2D eigenvalue weighted by molar-refractivity contribution is 5.90. The van der Waals surface area contributed by atoms with Crippen LogP contribution >= 0.6 is 0 Å². The van der Waals surface area contributed by atoms with Crippen LogP contribution in [0.3, 0.4) is 0 Å². The van der Waals surface area contributed by atoms with Gasteiger partial charge in [0.05, 0.1) is 26.9 Å². The number of ether oxygens (including phenoxy) is 3. The average Bonchev–Trinajstić information content (AvgIpc) is 2.77. The van der Waals surface area contributed by atoms with Crippen molar-refractivity contribution in [3.63, 3.8) is 0 Å². The van der Waals surface area contributed by atoms with Gasteiger partial charge in [-0.3, -0.25) is 0 Å². The summed E-state index contributed by atoms with van der Waals surface area (Å²) in [6.07, 6.45) is 1.46. The maximum atomic E-state index is 11.7. The summed E-state index contributed by atoms with van der Waals surface area (Å²) in [5.74, 6) is 2.20. The number of carbonyl (C=O) groups is 1. The Balaban J connectivity index is 1.68. The van der Waals surface area contributed by atoms with Gasteiger partial charge < -0.3 is 24.8 Å². The van der Waals surface area contributed by atoms with E-state index >= 15 is 0 Å². The highest BCUT2D eigenvalue weighted by Crippen LogP contribution is 2.28. The molecule has 0 amide bonds. The molecule has 8 nitrogen and oxygen atoms in total. The molecule has 0 fully saturated rings. The zero-order chi connectivity index (χ0) is 20.6. The summed E-state index contributed by atoms with van der Waals surface area (Å²) in [6.45, 7) is 0.550. The quantitative estimate of drug-likeness (QED) is 0.559. The molecule has 3 rings (SSSR count). The molecular weight excluding hydrogens is 372 g/mol. The number of methoxy groups -OCH3 is 3. The summed E-state index contributed by atoms with van der Waals surface area (Å²) >= 11 is 0. The Morgan fingerprint density at radius 2 is 1.72 bits per heavy atom. The molecule has 8 heteroatoms. The maximum Gasteiger partial charge on any atom is 0.337 e. The predicted octanol–water partition coefficient (Wildman–Crippen LogP) is 3.64. The van der Waals surface area contributed by atoms with E-state index in [1.165, 1.54) is 13.4 Å². The van der Waals surface area contributed by atoms with Crippen LogP contribution in [0.2, 0.25) is 0 Å². The molecule has 0 bridgehead atoms. The van der Waals surface area contributed by atoms with Crippen LogP contribution in [0, 0.1) is 0 Å². The Morgan fingerprint density at radius 3 is 2.48 bits per heavy atom. The Bertz CT molecular complexity index is 994. The minimum absolute atomic E-state index is 0.395. The molecule has 0 aliphatic carbocycles. The second-order valence-corrected chi connectivity index (χ2v) is 6.03. The van der Waals surface area contributed by atoms with Gasteiger partial charge in [-0.15, -0.1) is 0 Å². The summed E-state index contributed by atoms with van der Waals surface area (Å²) in [7, 11) is 4.56. The number of esters is 1. The number of rotatable bonds is 8. The van der Waals surface area contributed by atoms with Crippen molar-refractivity contribution in [2.75, 3.05) is 32.0 Å². The summed E-state index contributed by atoms with van der Waals surface area (Å²) < 4.78 is 15.3. The molecular formula is C21H22N4O4. The van der Waals surface area contributed by atoms with Crippen LogP contribution in [0.25, 0.3) is 0 Å². The lowest BCUT2D eigenvalue weighted by atomic mass is 10.2. The fourth-order valence-corrected chi connectivity index (χ4v) is 2.70. The molecule has 0 aliphatic rings. The van der Waals surface area contributed by atoms with Crippen molar-refractivity contribution in [1.29, 1.82) is 0 Å². The average molecular weight is 394 g/mol. The number of aromatic nitrogens is 2. The molecule has 0 radical (unpaired) electrons. The van der Waals surface area contributed by atoms with Crippen LogP contribution in [-0.2, 0) is 11.3 Å². The van der Waals surface area contributed by atoms with Crippen LogP contribution in [-0.4, -0.2) is 37.3 Å². The fourth-order valence-electron chi connectivity index (χ4n) is 2.70. The van der Waals surface area contributed by atoms with E-state index in [1.807, 2.05) is 24.3 Å². The first-order chi connectivity index (χ1) is 14.1. The summed E-state index contributed by atoms with van der Waals surface area (Å²) in [6, 6.07) is 14.5. The van der Waals surface area contributed by atoms with Gasteiger partial charge in [0, 0.05) is 18.3 Å². The first kappa shape index (κ1) is 19.9. The van der Waals surface area contributed by atoms with Gasteiger partial charge in [-0.1, -0.05) is 12.1 Å². The third kappa shape index (κ3) is 5.13. The number of hydrogen-bond donors (Lipinski definition) is 2. The molecule has 29 heavy (non-hydrogen) atoms. The van der Waals surface area contributed by atoms with Crippen molar-refractivity contribution in [2.45, 2.75) is 6.54 Å². The number of nitrogens with one attached hydrogen (secondary N) is 2. The van der Waals surface area contributed by atoms with E-state index in [0.717, 1.165) is 11.3 Å². The van der Waals surface area contributed by atoms with Crippen LogP contribution in [0.5, 0.6) is 11.5 Å².